The molecule has 0 bridgehead atoms. The van der Waals surface area contributed by atoms with Crippen molar-refractivity contribution in [1.29, 1.82) is 0 Å². The Labute approximate surface area is 122 Å². The minimum absolute atomic E-state index is 0.152. The van der Waals surface area contributed by atoms with Crippen molar-refractivity contribution in [3.05, 3.63) is 11.1 Å². The van der Waals surface area contributed by atoms with Crippen molar-refractivity contribution in [3.8, 4) is 0 Å². The summed E-state index contributed by atoms with van der Waals surface area (Å²) in [4.78, 5) is 30.0. The van der Waals surface area contributed by atoms with Crippen LogP contribution in [0.3, 0.4) is 0 Å². The number of rotatable bonds is 3. The minimum atomic E-state index is -0.180. The third kappa shape index (κ3) is 3.27. The highest BCUT2D eigenvalue weighted by Gasteiger charge is 2.36. The number of likely N-dealkylation sites (tertiary alicyclic amines) is 1. The first-order valence-electron chi connectivity index (χ1n) is 6.57. The molecule has 3 N–H and O–H groups in total. The Morgan fingerprint density at radius 1 is 1.60 bits per heavy atom. The first-order chi connectivity index (χ1) is 9.27. The lowest BCUT2D eigenvalue weighted by Gasteiger charge is -2.32. The summed E-state index contributed by atoms with van der Waals surface area (Å²) in [7, 11) is 0. The second-order valence-corrected chi connectivity index (χ2v) is 7.08. The lowest BCUT2D eigenvalue weighted by molar-refractivity contribution is -0.131. The van der Waals surface area contributed by atoms with Crippen LogP contribution in [0, 0.1) is 5.92 Å². The molecule has 110 valence electrons. The van der Waals surface area contributed by atoms with E-state index in [2.05, 4.69) is 10.3 Å². The van der Waals surface area contributed by atoms with Crippen LogP contribution in [0.25, 0.3) is 0 Å². The maximum absolute atomic E-state index is 11.9. The Morgan fingerprint density at radius 3 is 2.80 bits per heavy atom. The zero-order valence-corrected chi connectivity index (χ0v) is 12.8. The van der Waals surface area contributed by atoms with Gasteiger partial charge >= 0.3 is 0 Å². The van der Waals surface area contributed by atoms with Gasteiger partial charge in [-0.3, -0.25) is 9.59 Å². The quantitative estimate of drug-likeness (QED) is 0.874. The molecular weight excluding hydrogens is 276 g/mol. The molecule has 1 aliphatic heterocycles. The fraction of sp³-hybridized carbons (Fsp3) is 0.615. The van der Waals surface area contributed by atoms with Gasteiger partial charge in [-0.25, -0.2) is 4.98 Å². The van der Waals surface area contributed by atoms with Crippen molar-refractivity contribution in [3.63, 3.8) is 0 Å². The highest BCUT2D eigenvalue weighted by Crippen LogP contribution is 2.25. The fourth-order valence-corrected chi connectivity index (χ4v) is 2.88. The van der Waals surface area contributed by atoms with Gasteiger partial charge in [-0.05, 0) is 20.8 Å². The number of hydrogen-bond donors (Lipinski definition) is 2. The molecule has 6 nitrogen and oxygen atoms in total. The molecule has 1 saturated heterocycles. The second-order valence-electron chi connectivity index (χ2n) is 6.02. The smallest absolute Gasteiger partial charge is 0.263 e. The van der Waals surface area contributed by atoms with E-state index in [-0.39, 0.29) is 23.3 Å². The molecule has 20 heavy (non-hydrogen) atoms. The van der Waals surface area contributed by atoms with Crippen LogP contribution in [0.2, 0.25) is 0 Å². The van der Waals surface area contributed by atoms with Crippen LogP contribution in [-0.2, 0) is 4.79 Å². The van der Waals surface area contributed by atoms with E-state index < -0.39 is 0 Å². The van der Waals surface area contributed by atoms with Crippen molar-refractivity contribution in [2.45, 2.75) is 32.7 Å². The summed E-state index contributed by atoms with van der Waals surface area (Å²) in [6.07, 6.45) is 1.96. The first kappa shape index (κ1) is 14.8. The normalized spacial score (nSPS) is 19.4. The van der Waals surface area contributed by atoms with Crippen molar-refractivity contribution >= 4 is 28.3 Å². The van der Waals surface area contributed by atoms with Crippen molar-refractivity contribution in [1.82, 2.24) is 15.2 Å². The minimum Gasteiger partial charge on any atom is -0.375 e. The predicted octanol–water partition coefficient (Wildman–Crippen LogP) is 1.10. The van der Waals surface area contributed by atoms with Crippen molar-refractivity contribution in [2.24, 2.45) is 5.92 Å². The summed E-state index contributed by atoms with van der Waals surface area (Å²) < 4.78 is 0. The summed E-state index contributed by atoms with van der Waals surface area (Å²) in [5.41, 5.74) is 5.33. The molecular formula is C13H20N4O2S. The van der Waals surface area contributed by atoms with Gasteiger partial charge in [0.1, 0.15) is 4.88 Å². The number of nitrogens with one attached hydrogen (secondary N) is 1. The first-order valence-corrected chi connectivity index (χ1v) is 7.39. The molecule has 0 radical (unpaired) electrons. The fourth-order valence-electron chi connectivity index (χ4n) is 2.28. The summed E-state index contributed by atoms with van der Waals surface area (Å²) in [6, 6.07) is 0. The zero-order valence-electron chi connectivity index (χ0n) is 12.0. The van der Waals surface area contributed by atoms with Crippen LogP contribution in [0.15, 0.2) is 6.20 Å². The highest BCUT2D eigenvalue weighted by molar-refractivity contribution is 7.17. The Bertz CT molecular complexity index is 521. The van der Waals surface area contributed by atoms with E-state index in [0.29, 0.717) is 29.5 Å². The van der Waals surface area contributed by atoms with Gasteiger partial charge in [0.25, 0.3) is 5.91 Å². The predicted molar refractivity (Wildman–Crippen MR) is 78.4 cm³/mol. The maximum atomic E-state index is 11.9. The Hall–Kier alpha value is -1.63. The van der Waals surface area contributed by atoms with E-state index >= 15 is 0 Å². The molecule has 0 aromatic carbocycles. The molecule has 1 aliphatic rings. The molecule has 0 aliphatic carbocycles. The average molecular weight is 296 g/mol. The number of thiazole rings is 1. The van der Waals surface area contributed by atoms with Crippen LogP contribution in [-0.4, -0.2) is 40.3 Å². The third-order valence-electron chi connectivity index (χ3n) is 3.31. The van der Waals surface area contributed by atoms with E-state index in [4.69, 9.17) is 5.73 Å². The Balaban J connectivity index is 1.87. The van der Waals surface area contributed by atoms with Gasteiger partial charge in [0.05, 0.1) is 6.20 Å². The molecule has 2 heterocycles. The SMILES string of the molecule is CC(C)(C)N1C[C@@H](CNC(=O)c2cnc(N)s2)CC1=O. The average Bonchev–Trinajstić information content (AvgIpc) is 2.91. The van der Waals surface area contributed by atoms with E-state index in [1.165, 1.54) is 6.20 Å². The van der Waals surface area contributed by atoms with Gasteiger partial charge in [-0.2, -0.15) is 0 Å². The summed E-state index contributed by atoms with van der Waals surface area (Å²) >= 11 is 1.16. The van der Waals surface area contributed by atoms with Crippen LogP contribution >= 0.6 is 11.3 Å². The van der Waals surface area contributed by atoms with Gasteiger partial charge in [0.15, 0.2) is 5.13 Å². The van der Waals surface area contributed by atoms with Crippen molar-refractivity contribution < 1.29 is 9.59 Å². The Kier molecular flexibility index (Phi) is 3.99. The van der Waals surface area contributed by atoms with Gasteiger partial charge in [-0.15, -0.1) is 0 Å². The van der Waals surface area contributed by atoms with Gasteiger partial charge in [-0.1, -0.05) is 11.3 Å². The molecule has 1 fully saturated rings. The standard InChI is InChI=1S/C13H20N4O2S/c1-13(2,3)17-7-8(4-10(17)18)5-15-11(19)9-6-16-12(14)20-9/h6,8H,4-5,7H2,1-3H3,(H2,14,16)(H,15,19)/t8-/m1/s1. The van der Waals surface area contributed by atoms with E-state index in [1.54, 1.807) is 0 Å². The van der Waals surface area contributed by atoms with E-state index in [1.807, 2.05) is 25.7 Å². The molecule has 0 spiro atoms. The lowest BCUT2D eigenvalue weighted by Crippen LogP contribution is -2.42. The topological polar surface area (TPSA) is 88.3 Å². The summed E-state index contributed by atoms with van der Waals surface area (Å²) in [6.45, 7) is 7.24. The zero-order chi connectivity index (χ0) is 14.9. The monoisotopic (exact) mass is 296 g/mol. The number of amides is 2. The second kappa shape index (κ2) is 5.40. The molecule has 0 unspecified atom stereocenters. The Morgan fingerprint density at radius 2 is 2.30 bits per heavy atom. The van der Waals surface area contributed by atoms with Crippen LogP contribution in [0.5, 0.6) is 0 Å². The molecule has 1 atom stereocenters. The number of nitrogens with two attached hydrogens (primary N) is 1. The molecule has 1 aromatic rings. The maximum Gasteiger partial charge on any atom is 0.263 e. The highest BCUT2D eigenvalue weighted by atomic mass is 32.1. The molecule has 0 saturated carbocycles. The lowest BCUT2D eigenvalue weighted by atomic mass is 10.1. The van der Waals surface area contributed by atoms with Crippen LogP contribution in [0.4, 0.5) is 5.13 Å². The molecule has 1 aromatic heterocycles. The largest absolute Gasteiger partial charge is 0.375 e. The van der Waals surface area contributed by atoms with Crippen LogP contribution in [0.1, 0.15) is 36.9 Å². The van der Waals surface area contributed by atoms with Gasteiger partial charge in [0.2, 0.25) is 5.91 Å². The van der Waals surface area contributed by atoms with E-state index in [0.717, 1.165) is 11.3 Å². The number of carbonyl (C=O) groups excluding carboxylic acids is 2. The molecule has 2 amide bonds. The number of anilines is 1. The van der Waals surface area contributed by atoms with Gasteiger partial charge in [0, 0.05) is 31.0 Å². The number of aromatic nitrogens is 1. The third-order valence-corrected chi connectivity index (χ3v) is 4.14. The molecule has 2 rings (SSSR count). The summed E-state index contributed by atoms with van der Waals surface area (Å²) in [5, 5.41) is 3.22. The number of nitrogen functional groups attached to an aromatic ring is 1. The van der Waals surface area contributed by atoms with E-state index in [9.17, 15) is 9.59 Å². The van der Waals surface area contributed by atoms with Crippen LogP contribution < -0.4 is 11.1 Å². The molecule has 7 heteroatoms. The van der Waals surface area contributed by atoms with Gasteiger partial charge < -0.3 is 16.0 Å². The number of carbonyl (C=O) groups is 2. The summed E-state index contributed by atoms with van der Waals surface area (Å²) in [5.74, 6) is 0.135. The number of hydrogen-bond acceptors (Lipinski definition) is 5. The number of nitrogens with zero attached hydrogens (tertiary/aromatic N) is 2. The van der Waals surface area contributed by atoms with Crippen molar-refractivity contribution in [2.75, 3.05) is 18.8 Å².